The zero-order valence-corrected chi connectivity index (χ0v) is 12.2. The molecule has 3 nitrogen and oxygen atoms in total. The zero-order valence-electron chi connectivity index (χ0n) is 10.7. The molecule has 2 heterocycles. The lowest BCUT2D eigenvalue weighted by atomic mass is 10.1. The van der Waals surface area contributed by atoms with E-state index >= 15 is 0 Å². The summed E-state index contributed by atoms with van der Waals surface area (Å²) in [5.41, 5.74) is 1.25. The lowest BCUT2D eigenvalue weighted by molar-refractivity contribution is 0.0388. The van der Waals surface area contributed by atoms with Gasteiger partial charge in [-0.05, 0) is 24.7 Å². The topological polar surface area (TPSA) is 25.4 Å². The molecule has 1 fully saturated rings. The Morgan fingerprint density at radius 1 is 1.37 bits per heavy atom. The molecule has 0 atom stereocenters. The van der Waals surface area contributed by atoms with Crippen molar-refractivity contribution in [2.75, 3.05) is 20.1 Å². The molecule has 3 rings (SSSR count). The summed E-state index contributed by atoms with van der Waals surface area (Å²) in [5, 5.41) is 0. The van der Waals surface area contributed by atoms with E-state index in [1.54, 1.807) is 0 Å². The monoisotopic (exact) mass is 294 g/mol. The molecule has 1 aliphatic heterocycles. The van der Waals surface area contributed by atoms with Gasteiger partial charge in [0.25, 0.3) is 0 Å². The molecule has 19 heavy (non-hydrogen) atoms. The molecule has 1 saturated heterocycles. The van der Waals surface area contributed by atoms with Crippen molar-refractivity contribution in [3.8, 4) is 5.75 Å². The number of aromatic nitrogens is 1. The number of likely N-dealkylation sites (tertiary alicyclic amines) is 1. The number of thiazole rings is 1. The summed E-state index contributed by atoms with van der Waals surface area (Å²) < 4.78 is 6.46. The highest BCUT2D eigenvalue weighted by Gasteiger charge is 2.24. The quantitative estimate of drug-likeness (QED) is 0.866. The van der Waals surface area contributed by atoms with Gasteiger partial charge in [0, 0.05) is 30.6 Å². The summed E-state index contributed by atoms with van der Waals surface area (Å²) in [5.74, 6) is 0.948. The van der Waals surface area contributed by atoms with Crippen molar-refractivity contribution < 1.29 is 4.74 Å². The Bertz CT molecular complexity index is 549. The average Bonchev–Trinajstić information content (AvgIpc) is 2.75. The number of nitrogens with zero attached hydrogens (tertiary/aromatic N) is 2. The van der Waals surface area contributed by atoms with Crippen LogP contribution in [0.3, 0.4) is 0 Å². The first-order valence-corrected chi connectivity index (χ1v) is 7.43. The summed E-state index contributed by atoms with van der Waals surface area (Å²) >= 11 is 7.35. The lowest BCUT2D eigenvalue weighted by Crippen LogP contribution is -2.51. The molecule has 0 spiro atoms. The average molecular weight is 295 g/mol. The number of rotatable bonds is 4. The van der Waals surface area contributed by atoms with Crippen molar-refractivity contribution in [3.05, 3.63) is 45.4 Å². The van der Waals surface area contributed by atoms with Crippen molar-refractivity contribution >= 4 is 22.9 Å². The standard InChI is InChI=1S/C14H15ClN2OS/c1-17-8-12(9-17)18-11-4-2-10(3-5-11)6-13-7-16-14(15)19-13/h2-5,7,12H,6,8-9H2,1H3. The van der Waals surface area contributed by atoms with Gasteiger partial charge >= 0.3 is 0 Å². The smallest absolute Gasteiger partial charge is 0.183 e. The van der Waals surface area contributed by atoms with Crippen molar-refractivity contribution in [1.29, 1.82) is 0 Å². The number of benzene rings is 1. The third kappa shape index (κ3) is 3.26. The maximum atomic E-state index is 5.86. The second kappa shape index (κ2) is 5.49. The van der Waals surface area contributed by atoms with Crippen LogP contribution in [0.5, 0.6) is 5.75 Å². The van der Waals surface area contributed by atoms with Gasteiger partial charge in [-0.1, -0.05) is 23.7 Å². The van der Waals surface area contributed by atoms with E-state index in [-0.39, 0.29) is 0 Å². The molecule has 0 radical (unpaired) electrons. The molecule has 5 heteroatoms. The Morgan fingerprint density at radius 2 is 2.11 bits per heavy atom. The van der Waals surface area contributed by atoms with Crippen molar-refractivity contribution in [3.63, 3.8) is 0 Å². The highest BCUT2D eigenvalue weighted by Crippen LogP contribution is 2.23. The molecule has 0 bridgehead atoms. The minimum Gasteiger partial charge on any atom is -0.488 e. The predicted octanol–water partition coefficient (Wildman–Crippen LogP) is 3.08. The largest absolute Gasteiger partial charge is 0.488 e. The van der Waals surface area contributed by atoms with Gasteiger partial charge < -0.3 is 4.74 Å². The van der Waals surface area contributed by atoms with Gasteiger partial charge in [0.15, 0.2) is 4.47 Å². The van der Waals surface area contributed by atoms with Crippen LogP contribution < -0.4 is 4.74 Å². The van der Waals surface area contributed by atoms with Crippen LogP contribution in [0.2, 0.25) is 4.47 Å². The van der Waals surface area contributed by atoms with E-state index in [2.05, 4.69) is 29.1 Å². The molecule has 1 aliphatic rings. The summed E-state index contributed by atoms with van der Waals surface area (Å²) in [6, 6.07) is 8.28. The van der Waals surface area contributed by atoms with E-state index in [0.717, 1.165) is 25.3 Å². The summed E-state index contributed by atoms with van der Waals surface area (Å²) in [7, 11) is 2.10. The number of hydrogen-bond acceptors (Lipinski definition) is 4. The van der Waals surface area contributed by atoms with Crippen LogP contribution in [0, 0.1) is 0 Å². The number of halogens is 1. The van der Waals surface area contributed by atoms with Crippen LogP contribution in [0.4, 0.5) is 0 Å². The molecular formula is C14H15ClN2OS. The zero-order chi connectivity index (χ0) is 13.2. The first kappa shape index (κ1) is 12.9. The van der Waals surface area contributed by atoms with Gasteiger partial charge in [0.2, 0.25) is 0 Å². The maximum absolute atomic E-state index is 5.86. The van der Waals surface area contributed by atoms with Gasteiger partial charge in [-0.2, -0.15) is 0 Å². The van der Waals surface area contributed by atoms with Gasteiger partial charge in [-0.25, -0.2) is 4.98 Å². The molecule has 0 aliphatic carbocycles. The van der Waals surface area contributed by atoms with Crippen LogP contribution in [0.15, 0.2) is 30.5 Å². The Labute approximate surface area is 121 Å². The highest BCUT2D eigenvalue weighted by atomic mass is 35.5. The van der Waals surface area contributed by atoms with Crippen LogP contribution in [0.1, 0.15) is 10.4 Å². The Hall–Kier alpha value is -1.10. The fraction of sp³-hybridized carbons (Fsp3) is 0.357. The summed E-state index contributed by atoms with van der Waals surface area (Å²) in [4.78, 5) is 7.47. The van der Waals surface area contributed by atoms with Gasteiger partial charge in [0.05, 0.1) is 0 Å². The third-order valence-corrected chi connectivity index (χ3v) is 4.28. The molecular weight excluding hydrogens is 280 g/mol. The van der Waals surface area contributed by atoms with Gasteiger partial charge in [0.1, 0.15) is 11.9 Å². The van der Waals surface area contributed by atoms with Crippen LogP contribution in [-0.2, 0) is 6.42 Å². The maximum Gasteiger partial charge on any atom is 0.183 e. The summed E-state index contributed by atoms with van der Waals surface area (Å²) in [6.07, 6.45) is 3.05. The second-order valence-electron chi connectivity index (χ2n) is 4.86. The van der Waals surface area contributed by atoms with Crippen LogP contribution in [-0.4, -0.2) is 36.1 Å². The van der Waals surface area contributed by atoms with Crippen molar-refractivity contribution in [1.82, 2.24) is 9.88 Å². The molecule has 0 amide bonds. The second-order valence-corrected chi connectivity index (χ2v) is 6.56. The van der Waals surface area contributed by atoms with E-state index < -0.39 is 0 Å². The fourth-order valence-electron chi connectivity index (χ4n) is 2.16. The third-order valence-electron chi connectivity index (χ3n) is 3.16. The Kier molecular flexibility index (Phi) is 3.73. The van der Waals surface area contributed by atoms with Crippen LogP contribution >= 0.6 is 22.9 Å². The number of hydrogen-bond donors (Lipinski definition) is 0. The summed E-state index contributed by atoms with van der Waals surface area (Å²) in [6.45, 7) is 2.03. The highest BCUT2D eigenvalue weighted by molar-refractivity contribution is 7.15. The van der Waals surface area contributed by atoms with Gasteiger partial charge in [-0.3, -0.25) is 4.90 Å². The molecule has 0 saturated carbocycles. The lowest BCUT2D eigenvalue weighted by Gasteiger charge is -2.36. The van der Waals surface area contributed by atoms with Crippen molar-refractivity contribution in [2.45, 2.75) is 12.5 Å². The molecule has 0 unspecified atom stereocenters. The SMILES string of the molecule is CN1CC(Oc2ccc(Cc3cnc(Cl)s3)cc2)C1. The molecule has 100 valence electrons. The van der Waals surface area contributed by atoms with E-state index in [4.69, 9.17) is 16.3 Å². The van der Waals surface area contributed by atoms with E-state index in [1.165, 1.54) is 21.8 Å². The Morgan fingerprint density at radius 3 is 2.68 bits per heavy atom. The minimum absolute atomic E-state index is 0.344. The molecule has 1 aromatic carbocycles. The van der Waals surface area contributed by atoms with Crippen molar-refractivity contribution in [2.24, 2.45) is 0 Å². The fourth-order valence-corrected chi connectivity index (χ4v) is 3.17. The minimum atomic E-state index is 0.344. The van der Waals surface area contributed by atoms with E-state index in [1.807, 2.05) is 18.3 Å². The normalized spacial score (nSPS) is 16.3. The number of likely N-dealkylation sites (N-methyl/N-ethyl adjacent to an activating group) is 1. The van der Waals surface area contributed by atoms with E-state index in [9.17, 15) is 0 Å². The number of ether oxygens (including phenoxy) is 1. The molecule has 1 aromatic heterocycles. The van der Waals surface area contributed by atoms with Crippen LogP contribution in [0.25, 0.3) is 0 Å². The molecule has 0 N–H and O–H groups in total. The van der Waals surface area contributed by atoms with E-state index in [0.29, 0.717) is 10.6 Å². The van der Waals surface area contributed by atoms with Gasteiger partial charge in [-0.15, -0.1) is 11.3 Å². The first-order chi connectivity index (χ1) is 9.19. The molecule has 2 aromatic rings. The first-order valence-electron chi connectivity index (χ1n) is 6.23. The Balaban J connectivity index is 1.59. The predicted molar refractivity (Wildman–Crippen MR) is 78.3 cm³/mol.